The van der Waals surface area contributed by atoms with Gasteiger partial charge in [-0.05, 0) is 17.7 Å². The predicted octanol–water partition coefficient (Wildman–Crippen LogP) is 3.79. The van der Waals surface area contributed by atoms with Crippen molar-refractivity contribution in [1.82, 2.24) is 5.32 Å². The number of benzene rings is 2. The Labute approximate surface area is 144 Å². The number of carbonyl (C=O) groups excluding carboxylic acids is 2. The van der Waals surface area contributed by atoms with Crippen LogP contribution in [0.15, 0.2) is 48.5 Å². The molecule has 0 aromatic heterocycles. The van der Waals surface area contributed by atoms with E-state index in [1.165, 1.54) is 25.1 Å². The Hall–Kier alpha value is -2.40. The molecule has 0 saturated carbocycles. The number of amides is 1. The van der Waals surface area contributed by atoms with Crippen molar-refractivity contribution in [2.45, 2.75) is 26.0 Å². The summed E-state index contributed by atoms with van der Waals surface area (Å²) in [6.45, 7) is 1.12. The van der Waals surface area contributed by atoms with E-state index in [4.69, 9.17) is 16.3 Å². The second-order valence-corrected chi connectivity index (χ2v) is 5.64. The molecule has 0 heterocycles. The summed E-state index contributed by atoms with van der Waals surface area (Å²) in [5.74, 6) is -1.34. The minimum Gasteiger partial charge on any atom is -0.461 e. The number of hydrogen-bond acceptors (Lipinski definition) is 3. The standard InChI is InChI=1S/C18H17ClFNO3/c1-12(22)21-17(13-6-3-2-4-7-13)10-18(23)24-11-14-15(19)8-5-9-16(14)20/h2-9,17H,10-11H2,1H3,(H,21,22)/t17-/m1/s1. The maximum absolute atomic E-state index is 13.7. The summed E-state index contributed by atoms with van der Waals surface area (Å²) in [5, 5.41) is 2.91. The summed E-state index contributed by atoms with van der Waals surface area (Å²) in [6.07, 6.45) is -0.0599. The summed E-state index contributed by atoms with van der Waals surface area (Å²) in [4.78, 5) is 23.4. The molecular formula is C18H17ClFNO3. The molecule has 0 bridgehead atoms. The molecule has 1 amide bonds. The van der Waals surface area contributed by atoms with Crippen LogP contribution in [-0.4, -0.2) is 11.9 Å². The zero-order valence-corrected chi connectivity index (χ0v) is 13.8. The minimum atomic E-state index is -0.558. The monoisotopic (exact) mass is 349 g/mol. The van der Waals surface area contributed by atoms with E-state index in [-0.39, 0.29) is 29.5 Å². The lowest BCUT2D eigenvalue weighted by Crippen LogP contribution is -2.28. The summed E-state index contributed by atoms with van der Waals surface area (Å²) < 4.78 is 18.8. The van der Waals surface area contributed by atoms with Crippen molar-refractivity contribution in [3.05, 3.63) is 70.5 Å². The van der Waals surface area contributed by atoms with E-state index in [9.17, 15) is 14.0 Å². The molecule has 0 radical (unpaired) electrons. The first kappa shape index (κ1) is 17.9. The van der Waals surface area contributed by atoms with Crippen molar-refractivity contribution in [2.24, 2.45) is 0 Å². The van der Waals surface area contributed by atoms with Crippen LogP contribution >= 0.6 is 11.6 Å². The van der Waals surface area contributed by atoms with Gasteiger partial charge in [-0.15, -0.1) is 0 Å². The third kappa shape index (κ3) is 5.06. The fourth-order valence-electron chi connectivity index (χ4n) is 2.23. The Balaban J connectivity index is 2.01. The lowest BCUT2D eigenvalue weighted by atomic mass is 10.0. The molecular weight excluding hydrogens is 333 g/mol. The van der Waals surface area contributed by atoms with Gasteiger partial charge in [0.25, 0.3) is 0 Å². The van der Waals surface area contributed by atoms with Gasteiger partial charge in [-0.1, -0.05) is 48.0 Å². The van der Waals surface area contributed by atoms with Gasteiger partial charge < -0.3 is 10.1 Å². The van der Waals surface area contributed by atoms with Gasteiger partial charge >= 0.3 is 5.97 Å². The van der Waals surface area contributed by atoms with Gasteiger partial charge in [0, 0.05) is 12.5 Å². The van der Waals surface area contributed by atoms with Crippen molar-refractivity contribution in [1.29, 1.82) is 0 Å². The van der Waals surface area contributed by atoms with Gasteiger partial charge in [-0.3, -0.25) is 9.59 Å². The maximum Gasteiger partial charge on any atom is 0.308 e. The number of halogens is 2. The molecule has 0 aliphatic rings. The van der Waals surface area contributed by atoms with Crippen molar-refractivity contribution >= 4 is 23.5 Å². The molecule has 2 aromatic rings. The minimum absolute atomic E-state index is 0.0599. The van der Waals surface area contributed by atoms with Crippen molar-refractivity contribution in [2.75, 3.05) is 0 Å². The molecule has 6 heteroatoms. The number of carbonyl (C=O) groups is 2. The van der Waals surface area contributed by atoms with Crippen LogP contribution in [0.2, 0.25) is 5.02 Å². The van der Waals surface area contributed by atoms with Gasteiger partial charge in [0.05, 0.1) is 17.5 Å². The van der Waals surface area contributed by atoms with Crippen LogP contribution < -0.4 is 5.32 Å². The SMILES string of the molecule is CC(=O)N[C@H](CC(=O)OCc1c(F)cccc1Cl)c1ccccc1. The highest BCUT2D eigenvalue weighted by molar-refractivity contribution is 6.31. The Morgan fingerprint density at radius 2 is 1.88 bits per heavy atom. The molecule has 126 valence electrons. The molecule has 0 saturated heterocycles. The third-order valence-corrected chi connectivity index (χ3v) is 3.74. The van der Waals surface area contributed by atoms with E-state index >= 15 is 0 Å². The summed E-state index contributed by atoms with van der Waals surface area (Å²) in [7, 11) is 0. The van der Waals surface area contributed by atoms with E-state index in [1.54, 1.807) is 0 Å². The molecule has 2 aromatic carbocycles. The molecule has 0 aliphatic carbocycles. The van der Waals surface area contributed by atoms with Gasteiger partial charge in [0.2, 0.25) is 5.91 Å². The van der Waals surface area contributed by atoms with E-state index in [2.05, 4.69) is 5.32 Å². The Morgan fingerprint density at radius 3 is 2.50 bits per heavy atom. The number of hydrogen-bond donors (Lipinski definition) is 1. The molecule has 0 aliphatic heterocycles. The van der Waals surface area contributed by atoms with Crippen molar-refractivity contribution < 1.29 is 18.7 Å². The van der Waals surface area contributed by atoms with Gasteiger partial charge in [0.15, 0.2) is 0 Å². The van der Waals surface area contributed by atoms with E-state index < -0.39 is 17.8 Å². The first-order valence-electron chi connectivity index (χ1n) is 7.38. The fourth-order valence-corrected chi connectivity index (χ4v) is 2.45. The van der Waals surface area contributed by atoms with Crippen LogP contribution in [-0.2, 0) is 20.9 Å². The fraction of sp³-hybridized carbons (Fsp3) is 0.222. The Bertz CT molecular complexity index is 701. The molecule has 0 fully saturated rings. The molecule has 1 N–H and O–H groups in total. The van der Waals surface area contributed by atoms with Crippen LogP contribution in [0, 0.1) is 5.82 Å². The van der Waals surface area contributed by atoms with Gasteiger partial charge in [-0.2, -0.15) is 0 Å². The van der Waals surface area contributed by atoms with Crippen molar-refractivity contribution in [3.63, 3.8) is 0 Å². The highest BCUT2D eigenvalue weighted by Crippen LogP contribution is 2.21. The van der Waals surface area contributed by atoms with E-state index in [1.807, 2.05) is 30.3 Å². The number of rotatable bonds is 6. The van der Waals surface area contributed by atoms with Crippen LogP contribution in [0.3, 0.4) is 0 Å². The quantitative estimate of drug-likeness (QED) is 0.807. The van der Waals surface area contributed by atoms with Gasteiger partial charge in [0.1, 0.15) is 12.4 Å². The second-order valence-electron chi connectivity index (χ2n) is 5.23. The zero-order valence-electron chi connectivity index (χ0n) is 13.1. The lowest BCUT2D eigenvalue weighted by molar-refractivity contribution is -0.145. The summed E-state index contributed by atoms with van der Waals surface area (Å²) in [6, 6.07) is 12.8. The Kier molecular flexibility index (Phi) is 6.32. The maximum atomic E-state index is 13.7. The Morgan fingerprint density at radius 1 is 1.17 bits per heavy atom. The number of ether oxygens (including phenoxy) is 1. The smallest absolute Gasteiger partial charge is 0.308 e. The van der Waals surface area contributed by atoms with Gasteiger partial charge in [-0.25, -0.2) is 4.39 Å². The van der Waals surface area contributed by atoms with Crippen LogP contribution in [0.5, 0.6) is 0 Å². The molecule has 0 spiro atoms. The first-order valence-corrected chi connectivity index (χ1v) is 7.75. The second kappa shape index (κ2) is 8.45. The molecule has 1 atom stereocenters. The van der Waals surface area contributed by atoms with Crippen molar-refractivity contribution in [3.8, 4) is 0 Å². The molecule has 24 heavy (non-hydrogen) atoms. The van der Waals surface area contributed by atoms with E-state index in [0.29, 0.717) is 0 Å². The third-order valence-electron chi connectivity index (χ3n) is 3.39. The first-order chi connectivity index (χ1) is 11.5. The molecule has 0 unspecified atom stereocenters. The predicted molar refractivity (Wildman–Crippen MR) is 88.8 cm³/mol. The highest BCUT2D eigenvalue weighted by Gasteiger charge is 2.18. The zero-order chi connectivity index (χ0) is 17.5. The summed E-state index contributed by atoms with van der Waals surface area (Å²) in [5.41, 5.74) is 0.914. The largest absolute Gasteiger partial charge is 0.461 e. The molecule has 4 nitrogen and oxygen atoms in total. The van der Waals surface area contributed by atoms with E-state index in [0.717, 1.165) is 5.56 Å². The summed E-state index contributed by atoms with van der Waals surface area (Å²) >= 11 is 5.90. The van der Waals surface area contributed by atoms with Crippen LogP contribution in [0.1, 0.15) is 30.5 Å². The number of nitrogens with one attached hydrogen (secondary N) is 1. The molecule has 2 rings (SSSR count). The topological polar surface area (TPSA) is 55.4 Å². The average molecular weight is 350 g/mol. The van der Waals surface area contributed by atoms with Crippen LogP contribution in [0.4, 0.5) is 4.39 Å². The average Bonchev–Trinajstić information content (AvgIpc) is 2.54. The van der Waals surface area contributed by atoms with Crippen LogP contribution in [0.25, 0.3) is 0 Å². The number of esters is 1. The lowest BCUT2D eigenvalue weighted by Gasteiger charge is -2.17. The normalized spacial score (nSPS) is 11.6. The highest BCUT2D eigenvalue weighted by atomic mass is 35.5.